The van der Waals surface area contributed by atoms with Gasteiger partial charge in [0.15, 0.2) is 0 Å². The molecular formula is C22H18N2O3. The molecule has 4 aromatic rings. The molecule has 0 atom stereocenters. The summed E-state index contributed by atoms with van der Waals surface area (Å²) in [5.74, 6) is 2.51. The van der Waals surface area contributed by atoms with E-state index < -0.39 is 0 Å². The lowest BCUT2D eigenvalue weighted by molar-refractivity contribution is 0.306. The molecule has 3 aromatic carbocycles. The van der Waals surface area contributed by atoms with Crippen molar-refractivity contribution < 1.29 is 14.0 Å². The lowest BCUT2D eigenvalue weighted by Gasteiger charge is -2.06. The van der Waals surface area contributed by atoms with Crippen LogP contribution >= 0.6 is 0 Å². The fourth-order valence-electron chi connectivity index (χ4n) is 2.66. The molecule has 0 saturated carbocycles. The molecule has 5 nitrogen and oxygen atoms in total. The van der Waals surface area contributed by atoms with E-state index in [-0.39, 0.29) is 0 Å². The van der Waals surface area contributed by atoms with Crippen molar-refractivity contribution in [2.75, 3.05) is 7.11 Å². The Hall–Kier alpha value is -3.60. The number of benzene rings is 3. The first kappa shape index (κ1) is 16.8. The summed E-state index contributed by atoms with van der Waals surface area (Å²) in [5.41, 5.74) is 2.79. The molecule has 0 bridgehead atoms. The summed E-state index contributed by atoms with van der Waals surface area (Å²) in [7, 11) is 1.63. The van der Waals surface area contributed by atoms with Crippen LogP contribution in [-0.2, 0) is 6.61 Å². The summed E-state index contributed by atoms with van der Waals surface area (Å²) in [6.45, 7) is 0.505. The zero-order valence-electron chi connectivity index (χ0n) is 14.8. The molecule has 0 amide bonds. The average Bonchev–Trinajstić information content (AvgIpc) is 3.24. The van der Waals surface area contributed by atoms with Crippen LogP contribution in [0.4, 0.5) is 0 Å². The first-order valence-electron chi connectivity index (χ1n) is 8.57. The molecule has 0 N–H and O–H groups in total. The number of nitrogens with zero attached hydrogens (tertiary/aromatic N) is 2. The lowest BCUT2D eigenvalue weighted by Crippen LogP contribution is -1.95. The maximum absolute atomic E-state index is 5.87. The molecule has 0 aliphatic rings. The third kappa shape index (κ3) is 3.98. The Morgan fingerprint density at radius 2 is 1.63 bits per heavy atom. The van der Waals surface area contributed by atoms with Crippen molar-refractivity contribution in [3.63, 3.8) is 0 Å². The summed E-state index contributed by atoms with van der Waals surface area (Å²) < 4.78 is 16.5. The molecule has 0 unspecified atom stereocenters. The van der Waals surface area contributed by atoms with E-state index in [1.54, 1.807) is 7.11 Å². The van der Waals surface area contributed by atoms with Gasteiger partial charge >= 0.3 is 0 Å². The van der Waals surface area contributed by atoms with Gasteiger partial charge in [0.1, 0.15) is 18.1 Å². The summed E-state index contributed by atoms with van der Waals surface area (Å²) in [6, 6.07) is 25.2. The van der Waals surface area contributed by atoms with Crippen LogP contribution in [0.15, 0.2) is 83.4 Å². The summed E-state index contributed by atoms with van der Waals surface area (Å²) in [6.07, 6.45) is 0. The van der Waals surface area contributed by atoms with Crippen molar-refractivity contribution in [3.8, 4) is 34.3 Å². The zero-order valence-corrected chi connectivity index (χ0v) is 14.8. The first-order valence-corrected chi connectivity index (χ1v) is 8.57. The van der Waals surface area contributed by atoms with Crippen molar-refractivity contribution in [3.05, 3.63) is 84.4 Å². The van der Waals surface area contributed by atoms with Crippen molar-refractivity contribution in [1.82, 2.24) is 10.1 Å². The molecule has 0 radical (unpaired) electrons. The maximum atomic E-state index is 5.87. The summed E-state index contributed by atoms with van der Waals surface area (Å²) in [5, 5.41) is 4.07. The Morgan fingerprint density at radius 3 is 2.41 bits per heavy atom. The van der Waals surface area contributed by atoms with Gasteiger partial charge in [-0.2, -0.15) is 4.98 Å². The van der Waals surface area contributed by atoms with Crippen LogP contribution in [0.2, 0.25) is 0 Å². The number of methoxy groups -OCH3 is 1. The molecule has 1 heterocycles. The molecule has 27 heavy (non-hydrogen) atoms. The minimum atomic E-state index is 0.450. The molecule has 5 heteroatoms. The van der Waals surface area contributed by atoms with Gasteiger partial charge in [-0.3, -0.25) is 0 Å². The highest BCUT2D eigenvalue weighted by atomic mass is 16.5. The van der Waals surface area contributed by atoms with Crippen LogP contribution in [0.1, 0.15) is 5.56 Å². The van der Waals surface area contributed by atoms with Crippen LogP contribution in [-0.4, -0.2) is 17.3 Å². The second kappa shape index (κ2) is 7.74. The first-order chi connectivity index (χ1) is 13.3. The van der Waals surface area contributed by atoms with Crippen LogP contribution in [0.3, 0.4) is 0 Å². The normalized spacial score (nSPS) is 10.6. The smallest absolute Gasteiger partial charge is 0.258 e. The van der Waals surface area contributed by atoms with Crippen molar-refractivity contribution in [1.29, 1.82) is 0 Å². The second-order valence-corrected chi connectivity index (χ2v) is 5.95. The maximum Gasteiger partial charge on any atom is 0.258 e. The predicted molar refractivity (Wildman–Crippen MR) is 102 cm³/mol. The van der Waals surface area contributed by atoms with E-state index in [4.69, 9.17) is 14.0 Å². The van der Waals surface area contributed by atoms with Gasteiger partial charge in [-0.05, 0) is 48.0 Å². The van der Waals surface area contributed by atoms with E-state index in [0.29, 0.717) is 18.3 Å². The van der Waals surface area contributed by atoms with Crippen LogP contribution in [0.25, 0.3) is 22.8 Å². The fourth-order valence-corrected chi connectivity index (χ4v) is 2.66. The summed E-state index contributed by atoms with van der Waals surface area (Å²) >= 11 is 0. The second-order valence-electron chi connectivity index (χ2n) is 5.95. The van der Waals surface area contributed by atoms with Crippen molar-refractivity contribution in [2.45, 2.75) is 6.61 Å². The number of rotatable bonds is 6. The molecule has 0 aliphatic carbocycles. The van der Waals surface area contributed by atoms with Gasteiger partial charge in [-0.1, -0.05) is 41.6 Å². The third-order valence-electron chi connectivity index (χ3n) is 4.10. The molecule has 4 rings (SSSR count). The Bertz CT molecular complexity index is 1010. The van der Waals surface area contributed by atoms with E-state index in [1.165, 1.54) is 0 Å². The Morgan fingerprint density at radius 1 is 0.815 bits per heavy atom. The van der Waals surface area contributed by atoms with Gasteiger partial charge in [0, 0.05) is 11.1 Å². The largest absolute Gasteiger partial charge is 0.497 e. The molecule has 1 aromatic heterocycles. The lowest BCUT2D eigenvalue weighted by atomic mass is 10.2. The van der Waals surface area contributed by atoms with Gasteiger partial charge in [0.05, 0.1) is 7.11 Å². The van der Waals surface area contributed by atoms with E-state index in [0.717, 1.165) is 28.2 Å². The average molecular weight is 358 g/mol. The predicted octanol–water partition coefficient (Wildman–Crippen LogP) is 4.99. The molecule has 0 spiro atoms. The highest BCUT2D eigenvalue weighted by Crippen LogP contribution is 2.26. The summed E-state index contributed by atoms with van der Waals surface area (Å²) in [4.78, 5) is 4.49. The van der Waals surface area contributed by atoms with E-state index in [2.05, 4.69) is 10.1 Å². The van der Waals surface area contributed by atoms with E-state index >= 15 is 0 Å². The molecule has 0 fully saturated rings. The topological polar surface area (TPSA) is 57.4 Å². The standard InChI is InChI=1S/C22H18N2O3/c1-25-19-12-10-17(11-13-19)21-23-22(27-24-21)18-8-5-9-20(14-18)26-15-16-6-3-2-4-7-16/h2-14H,15H2,1H3. The highest BCUT2D eigenvalue weighted by molar-refractivity contribution is 5.61. The number of hydrogen-bond donors (Lipinski definition) is 0. The quantitative estimate of drug-likeness (QED) is 0.486. The number of hydrogen-bond acceptors (Lipinski definition) is 5. The number of aromatic nitrogens is 2. The molecule has 134 valence electrons. The minimum absolute atomic E-state index is 0.450. The van der Waals surface area contributed by atoms with Crippen LogP contribution in [0, 0.1) is 0 Å². The SMILES string of the molecule is COc1ccc(-c2noc(-c3cccc(OCc4ccccc4)c3)n2)cc1. The Labute approximate surface area is 157 Å². The van der Waals surface area contributed by atoms with Crippen LogP contribution < -0.4 is 9.47 Å². The Balaban J connectivity index is 1.51. The monoisotopic (exact) mass is 358 g/mol. The van der Waals surface area contributed by atoms with Gasteiger partial charge in [0.25, 0.3) is 5.89 Å². The number of ether oxygens (including phenoxy) is 2. The Kier molecular flexibility index (Phi) is 4.83. The van der Waals surface area contributed by atoms with Crippen LogP contribution in [0.5, 0.6) is 11.5 Å². The van der Waals surface area contributed by atoms with Gasteiger partial charge in [-0.25, -0.2) is 0 Å². The van der Waals surface area contributed by atoms with Crippen molar-refractivity contribution in [2.24, 2.45) is 0 Å². The van der Waals surface area contributed by atoms with Gasteiger partial charge < -0.3 is 14.0 Å². The molecule has 0 aliphatic heterocycles. The van der Waals surface area contributed by atoms with Crippen molar-refractivity contribution >= 4 is 0 Å². The third-order valence-corrected chi connectivity index (χ3v) is 4.10. The molecule has 0 saturated heterocycles. The zero-order chi connectivity index (χ0) is 18.5. The minimum Gasteiger partial charge on any atom is -0.497 e. The van der Waals surface area contributed by atoms with E-state index in [1.807, 2.05) is 78.9 Å². The van der Waals surface area contributed by atoms with E-state index in [9.17, 15) is 0 Å². The van der Waals surface area contributed by atoms with Gasteiger partial charge in [-0.15, -0.1) is 0 Å². The highest BCUT2D eigenvalue weighted by Gasteiger charge is 2.11. The fraction of sp³-hybridized carbons (Fsp3) is 0.0909. The molecular weight excluding hydrogens is 340 g/mol. The van der Waals surface area contributed by atoms with Gasteiger partial charge in [0.2, 0.25) is 5.82 Å².